The molecule has 0 amide bonds. The summed E-state index contributed by atoms with van der Waals surface area (Å²) in [4.78, 5) is 5.91. The predicted octanol–water partition coefficient (Wildman–Crippen LogP) is 4.48. The monoisotopic (exact) mass is 235 g/mol. The first kappa shape index (κ1) is 11.0. The lowest BCUT2D eigenvalue weighted by atomic mass is 10.3. The predicted molar refractivity (Wildman–Crippen MR) is 72.0 cm³/mol. The lowest BCUT2D eigenvalue weighted by Crippen LogP contribution is -2.13. The zero-order valence-electron chi connectivity index (χ0n) is 9.58. The molecule has 1 aromatic rings. The fourth-order valence-electron chi connectivity index (χ4n) is 1.29. The Morgan fingerprint density at radius 1 is 1.07 bits per heavy atom. The normalized spacial score (nSPS) is 15.3. The minimum Gasteiger partial charge on any atom is -0.258 e. The van der Waals surface area contributed by atoms with Crippen molar-refractivity contribution < 1.29 is 0 Å². The highest BCUT2D eigenvalue weighted by molar-refractivity contribution is 8.28. The van der Waals surface area contributed by atoms with Gasteiger partial charge in [0.05, 0.1) is 5.69 Å². The highest BCUT2D eigenvalue weighted by Crippen LogP contribution is 2.30. The summed E-state index contributed by atoms with van der Waals surface area (Å²) in [7, 11) is -1.05. The van der Waals surface area contributed by atoms with Crippen LogP contribution in [0, 0.1) is 0 Å². The molecule has 3 heteroatoms. The van der Waals surface area contributed by atoms with Gasteiger partial charge in [0.25, 0.3) is 0 Å². The minimum atomic E-state index is -1.05. The summed E-state index contributed by atoms with van der Waals surface area (Å²) < 4.78 is 0. The molecule has 0 saturated heterocycles. The van der Waals surface area contributed by atoms with Gasteiger partial charge in [0.15, 0.2) is 0 Å². The molecule has 15 heavy (non-hydrogen) atoms. The summed E-state index contributed by atoms with van der Waals surface area (Å²) in [5.41, 5.74) is 2.46. The van der Waals surface area contributed by atoms with E-state index >= 15 is 0 Å². The Hall–Kier alpha value is -0.543. The quantitative estimate of drug-likeness (QED) is 0.704. The summed E-state index contributed by atoms with van der Waals surface area (Å²) in [6.07, 6.45) is 2.40. The van der Waals surface area contributed by atoms with Gasteiger partial charge in [0, 0.05) is 10.6 Å². The van der Waals surface area contributed by atoms with Gasteiger partial charge >= 0.3 is 0 Å². The van der Waals surface area contributed by atoms with Crippen LogP contribution in [0.2, 0.25) is 19.6 Å². The molecule has 0 unspecified atom stereocenters. The molecule has 0 bridgehead atoms. The molecule has 0 spiro atoms. The van der Waals surface area contributed by atoms with E-state index in [0.717, 1.165) is 5.69 Å². The molecular weight excluding hydrogens is 218 g/mol. The summed E-state index contributed by atoms with van der Waals surface area (Å²) in [5.74, 6) is 0. The van der Waals surface area contributed by atoms with Crippen LogP contribution in [0.1, 0.15) is 12.8 Å². The number of rotatable bonds is 3. The van der Waals surface area contributed by atoms with Gasteiger partial charge in [-0.15, -0.1) is 0 Å². The Kier molecular flexibility index (Phi) is 3.02. The molecule has 0 aromatic heterocycles. The van der Waals surface area contributed by atoms with Crippen molar-refractivity contribution in [3.63, 3.8) is 0 Å². The first-order valence-corrected chi connectivity index (χ1v) is 10.4. The summed E-state index contributed by atoms with van der Waals surface area (Å²) in [6.45, 7) is 7.11. The van der Waals surface area contributed by atoms with Crippen LogP contribution in [0.5, 0.6) is 0 Å². The topological polar surface area (TPSA) is 12.4 Å². The first-order valence-electron chi connectivity index (χ1n) is 5.38. The van der Waals surface area contributed by atoms with Gasteiger partial charge in [-0.05, 0) is 37.1 Å². The highest BCUT2D eigenvalue weighted by atomic mass is 32.4. The lowest BCUT2D eigenvalue weighted by molar-refractivity contribution is 1.43. The number of hydrogen-bond acceptors (Lipinski definition) is 2. The molecule has 1 aliphatic carbocycles. The van der Waals surface area contributed by atoms with Crippen molar-refractivity contribution in [1.29, 1.82) is 0 Å². The fourth-order valence-corrected chi connectivity index (χ4v) is 4.80. The molecule has 80 valence electrons. The van der Waals surface area contributed by atoms with E-state index in [9.17, 15) is 0 Å². The van der Waals surface area contributed by atoms with E-state index < -0.39 is 7.22 Å². The van der Waals surface area contributed by atoms with E-state index in [0.29, 0.717) is 0 Å². The second-order valence-corrected chi connectivity index (χ2v) is 14.1. The highest BCUT2D eigenvalue weighted by Gasteiger charge is 2.15. The molecule has 0 atom stereocenters. The Bertz CT molecular complexity index is 370. The van der Waals surface area contributed by atoms with Gasteiger partial charge in [-0.25, -0.2) is 0 Å². The van der Waals surface area contributed by atoms with Gasteiger partial charge in [0.1, 0.15) is 7.22 Å². The Morgan fingerprint density at radius 3 is 2.13 bits per heavy atom. The standard InChI is InChI=1S/C12H17NSSi/c1-15(2,3)14-12-8-6-11(7-9-12)13-10-4-5-10/h6-9H,4-5H2,1-3H3. The van der Waals surface area contributed by atoms with Crippen molar-refractivity contribution >= 4 is 29.8 Å². The maximum absolute atomic E-state index is 4.53. The van der Waals surface area contributed by atoms with Gasteiger partial charge in [-0.3, -0.25) is 4.99 Å². The summed E-state index contributed by atoms with van der Waals surface area (Å²) in [5, 5.41) is 0. The van der Waals surface area contributed by atoms with E-state index in [1.807, 2.05) is 11.2 Å². The molecule has 0 heterocycles. The Morgan fingerprint density at radius 2 is 1.67 bits per heavy atom. The van der Waals surface area contributed by atoms with Crippen molar-refractivity contribution in [3.05, 3.63) is 24.3 Å². The molecule has 1 aromatic carbocycles. The first-order chi connectivity index (χ1) is 7.03. The Labute approximate surface area is 96.7 Å². The van der Waals surface area contributed by atoms with Crippen molar-refractivity contribution in [2.75, 3.05) is 0 Å². The fraction of sp³-hybridized carbons (Fsp3) is 0.417. The maximum atomic E-state index is 4.53. The Balaban J connectivity index is 2.06. The number of aliphatic imine (C=N–C) groups is 1. The van der Waals surface area contributed by atoms with Crippen LogP contribution in [-0.4, -0.2) is 12.9 Å². The van der Waals surface area contributed by atoms with Crippen LogP contribution in [0.25, 0.3) is 0 Å². The molecule has 0 radical (unpaired) electrons. The van der Waals surface area contributed by atoms with E-state index in [2.05, 4.69) is 48.9 Å². The molecule has 1 aliphatic rings. The second-order valence-electron chi connectivity index (χ2n) is 4.89. The van der Waals surface area contributed by atoms with Gasteiger partial charge in [0.2, 0.25) is 0 Å². The van der Waals surface area contributed by atoms with Gasteiger partial charge in [-0.2, -0.15) is 11.2 Å². The van der Waals surface area contributed by atoms with E-state index in [4.69, 9.17) is 0 Å². The molecule has 0 aliphatic heterocycles. The molecule has 1 nitrogen and oxygen atoms in total. The zero-order chi connectivity index (χ0) is 10.9. The third kappa shape index (κ3) is 3.84. The summed E-state index contributed by atoms with van der Waals surface area (Å²) >= 11 is 2.03. The van der Waals surface area contributed by atoms with Crippen molar-refractivity contribution in [3.8, 4) is 0 Å². The average molecular weight is 235 g/mol. The third-order valence-electron chi connectivity index (χ3n) is 2.02. The minimum absolute atomic E-state index is 1.05. The largest absolute Gasteiger partial charge is 0.258 e. The van der Waals surface area contributed by atoms with Crippen LogP contribution in [0.15, 0.2) is 34.2 Å². The van der Waals surface area contributed by atoms with Crippen LogP contribution in [0.3, 0.4) is 0 Å². The maximum Gasteiger partial charge on any atom is 0.114 e. The molecule has 2 rings (SSSR count). The van der Waals surface area contributed by atoms with E-state index in [1.54, 1.807) is 0 Å². The zero-order valence-corrected chi connectivity index (χ0v) is 11.4. The van der Waals surface area contributed by atoms with E-state index in [-0.39, 0.29) is 0 Å². The van der Waals surface area contributed by atoms with Gasteiger partial charge in [-0.1, -0.05) is 19.6 Å². The summed E-state index contributed by atoms with van der Waals surface area (Å²) in [6, 6.07) is 8.66. The number of nitrogens with zero attached hydrogens (tertiary/aromatic N) is 1. The number of hydrogen-bond donors (Lipinski definition) is 0. The van der Waals surface area contributed by atoms with Crippen LogP contribution < -0.4 is 0 Å². The molecule has 0 N–H and O–H groups in total. The van der Waals surface area contributed by atoms with Crippen molar-refractivity contribution in [1.82, 2.24) is 0 Å². The second kappa shape index (κ2) is 4.14. The van der Waals surface area contributed by atoms with Crippen molar-refractivity contribution in [2.45, 2.75) is 37.4 Å². The number of benzene rings is 1. The molecular formula is C12H17NSSi. The van der Waals surface area contributed by atoms with Crippen LogP contribution >= 0.6 is 11.2 Å². The van der Waals surface area contributed by atoms with E-state index in [1.165, 1.54) is 23.4 Å². The van der Waals surface area contributed by atoms with Gasteiger partial charge < -0.3 is 0 Å². The molecule has 1 fully saturated rings. The smallest absolute Gasteiger partial charge is 0.114 e. The average Bonchev–Trinajstić information content (AvgIpc) is 2.90. The lowest BCUT2D eigenvalue weighted by Gasteiger charge is -2.14. The third-order valence-corrected chi connectivity index (χ3v) is 5.69. The van der Waals surface area contributed by atoms with Crippen molar-refractivity contribution in [2.24, 2.45) is 4.99 Å². The van der Waals surface area contributed by atoms with Crippen LogP contribution in [0.4, 0.5) is 5.69 Å². The SMILES string of the molecule is C[Si](C)(C)Sc1ccc(N=C2CC2)cc1. The molecule has 1 saturated carbocycles. The van der Waals surface area contributed by atoms with Crippen LogP contribution in [-0.2, 0) is 0 Å².